The molecule has 0 bridgehead atoms. The Morgan fingerprint density at radius 3 is 2.47 bits per heavy atom. The molecule has 0 spiro atoms. The smallest absolute Gasteiger partial charge is 0.229 e. The van der Waals surface area contributed by atoms with E-state index >= 15 is 0 Å². The SMILES string of the molecule is CC1CC(CN)(C(=O)N(C)CC2CC2)C1. The van der Waals surface area contributed by atoms with Crippen molar-refractivity contribution in [2.45, 2.75) is 32.6 Å². The lowest BCUT2D eigenvalue weighted by Crippen LogP contribution is -2.54. The van der Waals surface area contributed by atoms with Gasteiger partial charge in [-0.15, -0.1) is 0 Å². The number of amides is 1. The zero-order valence-electron chi connectivity index (χ0n) is 9.83. The molecule has 0 aromatic rings. The van der Waals surface area contributed by atoms with Gasteiger partial charge in [-0.05, 0) is 37.5 Å². The Morgan fingerprint density at radius 2 is 2.07 bits per heavy atom. The lowest BCUT2D eigenvalue weighted by Gasteiger charge is -2.46. The molecule has 2 aliphatic rings. The van der Waals surface area contributed by atoms with E-state index in [2.05, 4.69) is 6.92 Å². The molecule has 0 radical (unpaired) electrons. The molecule has 2 fully saturated rings. The molecule has 2 saturated carbocycles. The molecule has 2 rings (SSSR count). The minimum atomic E-state index is -0.205. The summed E-state index contributed by atoms with van der Waals surface area (Å²) >= 11 is 0. The molecule has 0 aromatic heterocycles. The van der Waals surface area contributed by atoms with Gasteiger partial charge in [-0.25, -0.2) is 0 Å². The second-order valence-corrected chi connectivity index (χ2v) is 5.63. The summed E-state index contributed by atoms with van der Waals surface area (Å²) in [5.74, 6) is 1.73. The Kier molecular flexibility index (Phi) is 2.75. The highest BCUT2D eigenvalue weighted by atomic mass is 16.2. The van der Waals surface area contributed by atoms with E-state index in [9.17, 15) is 4.79 Å². The number of hydrogen-bond donors (Lipinski definition) is 1. The first kappa shape index (κ1) is 10.9. The number of carbonyl (C=O) groups excluding carboxylic acids is 1. The van der Waals surface area contributed by atoms with E-state index < -0.39 is 0 Å². The molecule has 86 valence electrons. The number of carbonyl (C=O) groups is 1. The average molecular weight is 210 g/mol. The first-order valence-electron chi connectivity index (χ1n) is 6.03. The highest BCUT2D eigenvalue weighted by Crippen LogP contribution is 2.46. The lowest BCUT2D eigenvalue weighted by molar-refractivity contribution is -0.148. The molecule has 0 aliphatic heterocycles. The van der Waals surface area contributed by atoms with Crippen LogP contribution in [-0.4, -0.2) is 30.9 Å². The van der Waals surface area contributed by atoms with Gasteiger partial charge in [0.1, 0.15) is 0 Å². The van der Waals surface area contributed by atoms with Gasteiger partial charge in [-0.1, -0.05) is 6.92 Å². The van der Waals surface area contributed by atoms with Gasteiger partial charge >= 0.3 is 0 Å². The van der Waals surface area contributed by atoms with Crippen LogP contribution >= 0.6 is 0 Å². The van der Waals surface area contributed by atoms with Crippen LogP contribution in [-0.2, 0) is 4.79 Å². The van der Waals surface area contributed by atoms with Gasteiger partial charge in [-0.2, -0.15) is 0 Å². The molecule has 0 aromatic carbocycles. The fraction of sp³-hybridized carbons (Fsp3) is 0.917. The summed E-state index contributed by atoms with van der Waals surface area (Å²) in [4.78, 5) is 14.1. The van der Waals surface area contributed by atoms with Crippen molar-refractivity contribution in [1.82, 2.24) is 4.90 Å². The van der Waals surface area contributed by atoms with Crippen molar-refractivity contribution in [1.29, 1.82) is 0 Å². The van der Waals surface area contributed by atoms with Crippen LogP contribution in [0, 0.1) is 17.3 Å². The molecule has 2 N–H and O–H groups in total. The van der Waals surface area contributed by atoms with E-state index in [1.165, 1.54) is 12.8 Å². The summed E-state index contributed by atoms with van der Waals surface area (Å²) in [5, 5.41) is 0. The zero-order valence-corrected chi connectivity index (χ0v) is 9.83. The van der Waals surface area contributed by atoms with Gasteiger partial charge in [0, 0.05) is 20.1 Å². The quantitative estimate of drug-likeness (QED) is 0.758. The lowest BCUT2D eigenvalue weighted by atomic mass is 9.62. The van der Waals surface area contributed by atoms with Crippen molar-refractivity contribution in [3.8, 4) is 0 Å². The fourth-order valence-corrected chi connectivity index (χ4v) is 2.88. The standard InChI is InChI=1S/C12H22N2O/c1-9-5-12(6-9,8-13)11(15)14(2)7-10-3-4-10/h9-10H,3-8,13H2,1-2H3. The minimum absolute atomic E-state index is 0.205. The Bertz CT molecular complexity index is 254. The summed E-state index contributed by atoms with van der Waals surface area (Å²) < 4.78 is 0. The van der Waals surface area contributed by atoms with E-state index in [1.54, 1.807) is 0 Å². The molecule has 0 unspecified atom stereocenters. The van der Waals surface area contributed by atoms with Gasteiger partial charge in [0.2, 0.25) is 5.91 Å². The van der Waals surface area contributed by atoms with Crippen LogP contribution in [0.4, 0.5) is 0 Å². The van der Waals surface area contributed by atoms with E-state index in [1.807, 2.05) is 11.9 Å². The van der Waals surface area contributed by atoms with Crippen LogP contribution in [0.1, 0.15) is 32.6 Å². The maximum absolute atomic E-state index is 12.2. The number of nitrogens with two attached hydrogens (primary N) is 1. The predicted molar refractivity (Wildman–Crippen MR) is 60.2 cm³/mol. The Labute approximate surface area is 92.0 Å². The van der Waals surface area contributed by atoms with Crippen LogP contribution in [0.3, 0.4) is 0 Å². The van der Waals surface area contributed by atoms with Crippen LogP contribution in [0.5, 0.6) is 0 Å². The molecular formula is C12H22N2O. The van der Waals surface area contributed by atoms with Crippen LogP contribution in [0.15, 0.2) is 0 Å². The molecule has 0 saturated heterocycles. The van der Waals surface area contributed by atoms with E-state index in [4.69, 9.17) is 5.73 Å². The van der Waals surface area contributed by atoms with Crippen molar-refractivity contribution in [3.05, 3.63) is 0 Å². The third-order valence-corrected chi connectivity index (χ3v) is 3.90. The molecule has 15 heavy (non-hydrogen) atoms. The zero-order chi connectivity index (χ0) is 11.1. The summed E-state index contributed by atoms with van der Waals surface area (Å²) in [6, 6.07) is 0. The van der Waals surface area contributed by atoms with Crippen LogP contribution < -0.4 is 5.73 Å². The van der Waals surface area contributed by atoms with Crippen molar-refractivity contribution >= 4 is 5.91 Å². The van der Waals surface area contributed by atoms with Crippen molar-refractivity contribution in [3.63, 3.8) is 0 Å². The van der Waals surface area contributed by atoms with Gasteiger partial charge in [0.25, 0.3) is 0 Å². The Morgan fingerprint density at radius 1 is 1.47 bits per heavy atom. The maximum atomic E-state index is 12.2. The molecule has 3 heteroatoms. The van der Waals surface area contributed by atoms with Crippen molar-refractivity contribution in [2.75, 3.05) is 20.1 Å². The largest absolute Gasteiger partial charge is 0.345 e. The minimum Gasteiger partial charge on any atom is -0.345 e. The van der Waals surface area contributed by atoms with Gasteiger partial charge in [0.05, 0.1) is 5.41 Å². The predicted octanol–water partition coefficient (Wildman–Crippen LogP) is 1.23. The van der Waals surface area contributed by atoms with E-state index in [0.29, 0.717) is 12.5 Å². The monoisotopic (exact) mass is 210 g/mol. The van der Waals surface area contributed by atoms with E-state index in [-0.39, 0.29) is 11.3 Å². The average Bonchev–Trinajstić information content (AvgIpc) is 2.95. The molecule has 3 nitrogen and oxygen atoms in total. The second kappa shape index (κ2) is 3.78. The first-order chi connectivity index (χ1) is 7.07. The molecule has 1 amide bonds. The third kappa shape index (κ3) is 2.03. The molecular weight excluding hydrogens is 188 g/mol. The second-order valence-electron chi connectivity index (χ2n) is 5.63. The summed E-state index contributed by atoms with van der Waals surface area (Å²) in [5.41, 5.74) is 5.56. The topological polar surface area (TPSA) is 46.3 Å². The van der Waals surface area contributed by atoms with Gasteiger partial charge in [-0.3, -0.25) is 4.79 Å². The number of hydrogen-bond acceptors (Lipinski definition) is 2. The van der Waals surface area contributed by atoms with Crippen molar-refractivity contribution < 1.29 is 4.79 Å². The molecule has 2 aliphatic carbocycles. The normalized spacial score (nSPS) is 34.7. The van der Waals surface area contributed by atoms with Crippen LogP contribution in [0.25, 0.3) is 0 Å². The highest BCUT2D eigenvalue weighted by Gasteiger charge is 2.48. The van der Waals surface area contributed by atoms with Gasteiger partial charge in [0.15, 0.2) is 0 Å². The Hall–Kier alpha value is -0.570. The maximum Gasteiger partial charge on any atom is 0.229 e. The summed E-state index contributed by atoms with van der Waals surface area (Å²) in [6.45, 7) is 3.65. The van der Waals surface area contributed by atoms with E-state index in [0.717, 1.165) is 25.3 Å². The summed E-state index contributed by atoms with van der Waals surface area (Å²) in [6.07, 6.45) is 4.56. The fourth-order valence-electron chi connectivity index (χ4n) is 2.88. The van der Waals surface area contributed by atoms with Gasteiger partial charge < -0.3 is 10.6 Å². The molecule has 0 heterocycles. The first-order valence-corrected chi connectivity index (χ1v) is 6.03. The van der Waals surface area contributed by atoms with Crippen molar-refractivity contribution in [2.24, 2.45) is 23.0 Å². The highest BCUT2D eigenvalue weighted by molar-refractivity contribution is 5.83. The number of nitrogens with zero attached hydrogens (tertiary/aromatic N) is 1. The molecule has 0 atom stereocenters. The Balaban J connectivity index is 1.92. The number of rotatable bonds is 4. The van der Waals surface area contributed by atoms with Crippen LogP contribution in [0.2, 0.25) is 0 Å². The third-order valence-electron chi connectivity index (χ3n) is 3.90. The summed E-state index contributed by atoms with van der Waals surface area (Å²) in [7, 11) is 1.93.